The Morgan fingerprint density at radius 1 is 1.03 bits per heavy atom. The molecule has 0 saturated carbocycles. The third-order valence-corrected chi connectivity index (χ3v) is 4.87. The van der Waals surface area contributed by atoms with Crippen LogP contribution in [0, 0.1) is 13.8 Å². The number of carbonyl (C=O) groups is 1. The first kappa shape index (κ1) is 20.5. The van der Waals surface area contributed by atoms with Gasteiger partial charge in [-0.2, -0.15) is 5.10 Å². The third-order valence-electron chi connectivity index (χ3n) is 4.87. The zero-order valence-electron chi connectivity index (χ0n) is 17.2. The van der Waals surface area contributed by atoms with Gasteiger partial charge in [-0.15, -0.1) is 0 Å². The number of nitrogens with zero attached hydrogens (tertiary/aromatic N) is 2. The average Bonchev–Trinajstić information content (AvgIpc) is 2.69. The quantitative estimate of drug-likeness (QED) is 0.647. The number of hydrogen-bond acceptors (Lipinski definition) is 3. The minimum absolute atomic E-state index is 0.130. The Balaban J connectivity index is 1.72. The standard InChI is InChI=1S/C24H27N3O2/c1-4-5-6-19-8-10-20(11-9-19)25-23(28)16-27-24(29)14-13-22(26-27)21-12-7-17(2)15-18(21)3/h7-15H,4-6,16H2,1-3H3,(H,25,28). The van der Waals surface area contributed by atoms with Crippen LogP contribution in [-0.2, 0) is 17.8 Å². The molecule has 0 saturated heterocycles. The van der Waals surface area contributed by atoms with Crippen LogP contribution < -0.4 is 10.9 Å². The van der Waals surface area contributed by atoms with Crippen molar-refractivity contribution in [3.05, 3.63) is 81.6 Å². The predicted octanol–water partition coefficient (Wildman–Crippen LogP) is 4.51. The molecular formula is C24H27N3O2. The molecule has 150 valence electrons. The van der Waals surface area contributed by atoms with Crippen LogP contribution in [0.3, 0.4) is 0 Å². The van der Waals surface area contributed by atoms with Crippen molar-refractivity contribution in [2.24, 2.45) is 0 Å². The molecule has 0 radical (unpaired) electrons. The van der Waals surface area contributed by atoms with Crippen LogP contribution in [0.1, 0.15) is 36.5 Å². The van der Waals surface area contributed by atoms with Crippen molar-refractivity contribution in [1.82, 2.24) is 9.78 Å². The maximum Gasteiger partial charge on any atom is 0.267 e. The first-order chi connectivity index (χ1) is 14.0. The number of amides is 1. The van der Waals surface area contributed by atoms with Crippen molar-refractivity contribution in [3.8, 4) is 11.3 Å². The molecule has 5 heteroatoms. The fraction of sp³-hybridized carbons (Fsp3) is 0.292. The van der Waals surface area contributed by atoms with Crippen molar-refractivity contribution in [1.29, 1.82) is 0 Å². The van der Waals surface area contributed by atoms with Gasteiger partial charge in [0.1, 0.15) is 6.54 Å². The minimum Gasteiger partial charge on any atom is -0.324 e. The molecule has 0 unspecified atom stereocenters. The monoisotopic (exact) mass is 389 g/mol. The van der Waals surface area contributed by atoms with Crippen molar-refractivity contribution >= 4 is 11.6 Å². The molecule has 3 aromatic rings. The molecule has 1 amide bonds. The zero-order chi connectivity index (χ0) is 20.8. The summed E-state index contributed by atoms with van der Waals surface area (Å²) in [5.41, 5.74) is 5.54. The van der Waals surface area contributed by atoms with Gasteiger partial charge < -0.3 is 5.32 Å². The number of rotatable bonds is 7. The largest absolute Gasteiger partial charge is 0.324 e. The first-order valence-electron chi connectivity index (χ1n) is 10.0. The highest BCUT2D eigenvalue weighted by molar-refractivity contribution is 5.90. The van der Waals surface area contributed by atoms with Gasteiger partial charge in [0.2, 0.25) is 5.91 Å². The van der Waals surface area contributed by atoms with E-state index in [1.807, 2.05) is 50.2 Å². The van der Waals surface area contributed by atoms with E-state index in [9.17, 15) is 9.59 Å². The number of nitrogens with one attached hydrogen (secondary N) is 1. The van der Waals surface area contributed by atoms with Crippen molar-refractivity contribution in [2.75, 3.05) is 5.32 Å². The normalized spacial score (nSPS) is 10.7. The predicted molar refractivity (Wildman–Crippen MR) is 117 cm³/mol. The summed E-state index contributed by atoms with van der Waals surface area (Å²) in [7, 11) is 0. The van der Waals surface area contributed by atoms with E-state index < -0.39 is 0 Å². The van der Waals surface area contributed by atoms with E-state index >= 15 is 0 Å². The van der Waals surface area contributed by atoms with E-state index in [2.05, 4.69) is 23.4 Å². The number of anilines is 1. The molecule has 1 heterocycles. The Hall–Kier alpha value is -3.21. The van der Waals surface area contributed by atoms with E-state index in [1.165, 1.54) is 21.9 Å². The van der Waals surface area contributed by atoms with Crippen molar-refractivity contribution in [3.63, 3.8) is 0 Å². The molecule has 0 atom stereocenters. The highest BCUT2D eigenvalue weighted by Gasteiger charge is 2.10. The Kier molecular flexibility index (Phi) is 6.60. The smallest absolute Gasteiger partial charge is 0.267 e. The Bertz CT molecular complexity index is 1050. The fourth-order valence-corrected chi connectivity index (χ4v) is 3.28. The number of carbonyl (C=O) groups excluding carboxylic acids is 1. The molecule has 1 aromatic heterocycles. The lowest BCUT2D eigenvalue weighted by molar-refractivity contribution is -0.117. The first-order valence-corrected chi connectivity index (χ1v) is 10.0. The van der Waals surface area contributed by atoms with Gasteiger partial charge in [0, 0.05) is 17.3 Å². The summed E-state index contributed by atoms with van der Waals surface area (Å²) in [5.74, 6) is -0.279. The third kappa shape index (κ3) is 5.41. The molecule has 0 aliphatic carbocycles. The zero-order valence-corrected chi connectivity index (χ0v) is 17.2. The molecule has 1 N–H and O–H groups in total. The second-order valence-electron chi connectivity index (χ2n) is 7.38. The summed E-state index contributed by atoms with van der Waals surface area (Å²) in [5, 5.41) is 7.25. The molecule has 0 spiro atoms. The van der Waals surface area contributed by atoms with Gasteiger partial charge in [0.25, 0.3) is 5.56 Å². The minimum atomic E-state index is -0.302. The van der Waals surface area contributed by atoms with Gasteiger partial charge in [0.15, 0.2) is 0 Å². The van der Waals surface area contributed by atoms with Crippen molar-refractivity contribution < 1.29 is 4.79 Å². The Morgan fingerprint density at radius 2 is 1.79 bits per heavy atom. The average molecular weight is 389 g/mol. The maximum atomic E-state index is 12.4. The second-order valence-corrected chi connectivity index (χ2v) is 7.38. The summed E-state index contributed by atoms with van der Waals surface area (Å²) < 4.78 is 1.21. The highest BCUT2D eigenvalue weighted by atomic mass is 16.2. The van der Waals surface area contributed by atoms with Crippen LogP contribution in [0.25, 0.3) is 11.3 Å². The molecule has 29 heavy (non-hydrogen) atoms. The van der Waals surface area contributed by atoms with Crippen LogP contribution in [0.15, 0.2) is 59.4 Å². The maximum absolute atomic E-state index is 12.4. The number of unbranched alkanes of at least 4 members (excludes halogenated alkanes) is 1. The van der Waals surface area contributed by atoms with E-state index in [0.717, 1.165) is 30.4 Å². The van der Waals surface area contributed by atoms with E-state index in [4.69, 9.17) is 0 Å². The van der Waals surface area contributed by atoms with E-state index in [0.29, 0.717) is 11.4 Å². The van der Waals surface area contributed by atoms with Crippen LogP contribution >= 0.6 is 0 Å². The van der Waals surface area contributed by atoms with Crippen LogP contribution in [0.5, 0.6) is 0 Å². The van der Waals surface area contributed by atoms with Crippen LogP contribution in [-0.4, -0.2) is 15.7 Å². The molecular weight excluding hydrogens is 362 g/mol. The number of hydrogen-bond donors (Lipinski definition) is 1. The molecule has 0 aliphatic rings. The summed E-state index contributed by atoms with van der Waals surface area (Å²) in [6.45, 7) is 6.08. The van der Waals surface area contributed by atoms with E-state index in [-0.39, 0.29) is 18.0 Å². The van der Waals surface area contributed by atoms with Gasteiger partial charge in [0.05, 0.1) is 5.69 Å². The Morgan fingerprint density at radius 3 is 2.48 bits per heavy atom. The van der Waals surface area contributed by atoms with Gasteiger partial charge >= 0.3 is 0 Å². The summed E-state index contributed by atoms with van der Waals surface area (Å²) in [6.07, 6.45) is 3.34. The number of aryl methyl sites for hydroxylation is 3. The summed E-state index contributed by atoms with van der Waals surface area (Å²) in [4.78, 5) is 24.6. The Labute approximate surface area is 171 Å². The van der Waals surface area contributed by atoms with Crippen LogP contribution in [0.4, 0.5) is 5.69 Å². The SMILES string of the molecule is CCCCc1ccc(NC(=O)Cn2nc(-c3ccc(C)cc3C)ccc2=O)cc1. The van der Waals surface area contributed by atoms with Gasteiger partial charge in [-0.1, -0.05) is 49.2 Å². The lowest BCUT2D eigenvalue weighted by atomic mass is 10.0. The summed E-state index contributed by atoms with van der Waals surface area (Å²) >= 11 is 0. The van der Waals surface area contributed by atoms with E-state index in [1.54, 1.807) is 6.07 Å². The lowest BCUT2D eigenvalue weighted by Crippen LogP contribution is -2.29. The molecule has 0 fully saturated rings. The van der Waals surface area contributed by atoms with Crippen molar-refractivity contribution in [2.45, 2.75) is 46.6 Å². The number of benzene rings is 2. The molecule has 0 aliphatic heterocycles. The van der Waals surface area contributed by atoms with Crippen LogP contribution in [0.2, 0.25) is 0 Å². The van der Waals surface area contributed by atoms with Gasteiger partial charge in [-0.25, -0.2) is 4.68 Å². The fourth-order valence-electron chi connectivity index (χ4n) is 3.28. The van der Waals surface area contributed by atoms with Gasteiger partial charge in [-0.3, -0.25) is 9.59 Å². The molecule has 5 nitrogen and oxygen atoms in total. The molecule has 2 aromatic carbocycles. The molecule has 3 rings (SSSR count). The lowest BCUT2D eigenvalue weighted by Gasteiger charge is -2.10. The van der Waals surface area contributed by atoms with Gasteiger partial charge in [-0.05, 0) is 56.0 Å². The molecule has 0 bridgehead atoms. The second kappa shape index (κ2) is 9.32. The topological polar surface area (TPSA) is 64.0 Å². The highest BCUT2D eigenvalue weighted by Crippen LogP contribution is 2.21. The summed E-state index contributed by atoms with van der Waals surface area (Å²) in [6, 6.07) is 17.1. The number of aromatic nitrogens is 2.